The molecule has 1 saturated heterocycles. The second-order valence-electron chi connectivity index (χ2n) is 9.80. The highest BCUT2D eigenvalue weighted by Gasteiger charge is 2.50. The standard InChI is InChI=1S/C28H36N6O6/c29-27(38)24(23-26(37)25(36)22(18-35)40-28(23)39)34(17-21-9-3-6-12-32-21)14-13-33(15-19-7-1-4-10-30-19)16-20-8-2-5-11-31-20/h1-12,22-26,28,35-37,39H,13-18H2,(H2,29,38)/t22-,23?,24?,25-,26-,28?/m1/s1. The molecule has 4 rings (SSSR count). The molecule has 0 radical (unpaired) electrons. The number of pyridine rings is 3. The summed E-state index contributed by atoms with van der Waals surface area (Å²) in [5.41, 5.74) is 8.22. The summed E-state index contributed by atoms with van der Waals surface area (Å²) >= 11 is 0. The number of ether oxygens (including phenoxy) is 1. The lowest BCUT2D eigenvalue weighted by atomic mass is 9.84. The summed E-state index contributed by atoms with van der Waals surface area (Å²) in [4.78, 5) is 30.0. The van der Waals surface area contributed by atoms with Crippen LogP contribution in [0.15, 0.2) is 73.2 Å². The van der Waals surface area contributed by atoms with E-state index >= 15 is 0 Å². The van der Waals surface area contributed by atoms with Crippen LogP contribution in [-0.2, 0) is 29.2 Å². The summed E-state index contributed by atoms with van der Waals surface area (Å²) < 4.78 is 5.36. The molecule has 3 unspecified atom stereocenters. The number of rotatable bonds is 13. The molecule has 3 aromatic heterocycles. The predicted octanol–water partition coefficient (Wildman–Crippen LogP) is -0.723. The van der Waals surface area contributed by atoms with Crippen LogP contribution in [0, 0.1) is 5.92 Å². The minimum atomic E-state index is -1.66. The third-order valence-corrected chi connectivity index (χ3v) is 7.02. The second-order valence-corrected chi connectivity index (χ2v) is 9.80. The normalized spacial score (nSPS) is 23.8. The summed E-state index contributed by atoms with van der Waals surface area (Å²) in [6.07, 6.45) is -0.888. The van der Waals surface area contributed by atoms with E-state index in [9.17, 15) is 25.2 Å². The number of carbonyl (C=O) groups excluding carboxylic acids is 1. The van der Waals surface area contributed by atoms with Crippen molar-refractivity contribution >= 4 is 5.91 Å². The number of primary amides is 1. The van der Waals surface area contributed by atoms with E-state index in [-0.39, 0.29) is 13.1 Å². The number of amides is 1. The van der Waals surface area contributed by atoms with Crippen LogP contribution in [0.1, 0.15) is 17.1 Å². The Bertz CT molecular complexity index is 1140. The summed E-state index contributed by atoms with van der Waals surface area (Å²) in [5, 5.41) is 41.7. The van der Waals surface area contributed by atoms with Crippen molar-refractivity contribution in [2.45, 2.75) is 50.3 Å². The van der Waals surface area contributed by atoms with Gasteiger partial charge in [0.2, 0.25) is 5.91 Å². The van der Waals surface area contributed by atoms with Crippen molar-refractivity contribution in [2.24, 2.45) is 11.7 Å². The minimum absolute atomic E-state index is 0.172. The van der Waals surface area contributed by atoms with Crippen LogP contribution >= 0.6 is 0 Å². The lowest BCUT2D eigenvalue weighted by Gasteiger charge is -2.45. The first kappa shape index (κ1) is 29.6. The molecular formula is C28H36N6O6. The van der Waals surface area contributed by atoms with Gasteiger partial charge in [-0.25, -0.2) is 0 Å². The lowest BCUT2D eigenvalue weighted by Crippen LogP contribution is -2.64. The monoisotopic (exact) mass is 552 g/mol. The first-order chi connectivity index (χ1) is 19.4. The van der Waals surface area contributed by atoms with Crippen molar-refractivity contribution in [3.8, 4) is 0 Å². The molecule has 0 aromatic carbocycles. The maximum absolute atomic E-state index is 12.9. The fourth-order valence-electron chi connectivity index (χ4n) is 5.01. The van der Waals surface area contributed by atoms with Crippen molar-refractivity contribution in [1.82, 2.24) is 24.8 Å². The molecule has 0 spiro atoms. The molecule has 6 atom stereocenters. The van der Waals surface area contributed by atoms with Gasteiger partial charge in [0.25, 0.3) is 0 Å². The SMILES string of the molecule is NC(=O)C(C1C(O)O[C@H](CO)[C@@H](O)[C@@H]1O)N(CCN(Cc1ccccn1)Cc1ccccn1)Cc1ccccn1. The summed E-state index contributed by atoms with van der Waals surface area (Å²) in [7, 11) is 0. The van der Waals surface area contributed by atoms with Gasteiger partial charge < -0.3 is 30.9 Å². The van der Waals surface area contributed by atoms with Crippen molar-refractivity contribution in [3.05, 3.63) is 90.3 Å². The van der Waals surface area contributed by atoms with Crippen molar-refractivity contribution in [2.75, 3.05) is 19.7 Å². The highest BCUT2D eigenvalue weighted by Crippen LogP contribution is 2.30. The van der Waals surface area contributed by atoms with Crippen LogP contribution in [0.25, 0.3) is 0 Å². The first-order valence-electron chi connectivity index (χ1n) is 13.1. The van der Waals surface area contributed by atoms with Gasteiger partial charge in [-0.3, -0.25) is 29.5 Å². The van der Waals surface area contributed by atoms with Gasteiger partial charge >= 0.3 is 0 Å². The molecule has 1 aliphatic heterocycles. The third-order valence-electron chi connectivity index (χ3n) is 7.02. The Kier molecular flexibility index (Phi) is 10.6. The highest BCUT2D eigenvalue weighted by molar-refractivity contribution is 5.80. The molecule has 3 aromatic rings. The zero-order valence-electron chi connectivity index (χ0n) is 22.1. The quantitative estimate of drug-likeness (QED) is 0.181. The number of nitrogens with two attached hydrogens (primary N) is 1. The van der Waals surface area contributed by atoms with E-state index in [1.165, 1.54) is 0 Å². The zero-order valence-corrected chi connectivity index (χ0v) is 22.1. The minimum Gasteiger partial charge on any atom is -0.394 e. The summed E-state index contributed by atoms with van der Waals surface area (Å²) in [6.45, 7) is 1.28. The maximum atomic E-state index is 12.9. The average Bonchev–Trinajstić information content (AvgIpc) is 2.96. The van der Waals surface area contributed by atoms with Crippen molar-refractivity contribution < 1.29 is 30.0 Å². The van der Waals surface area contributed by atoms with Gasteiger partial charge in [0.1, 0.15) is 12.2 Å². The Morgan fingerprint density at radius 2 is 1.35 bits per heavy atom. The van der Waals surface area contributed by atoms with E-state index in [0.29, 0.717) is 25.3 Å². The largest absolute Gasteiger partial charge is 0.394 e. The van der Waals surface area contributed by atoms with E-state index in [2.05, 4.69) is 19.9 Å². The zero-order chi connectivity index (χ0) is 28.5. The molecule has 0 saturated carbocycles. The summed E-state index contributed by atoms with van der Waals surface area (Å²) in [6, 6.07) is 15.5. The van der Waals surface area contributed by atoms with Crippen LogP contribution in [0.2, 0.25) is 0 Å². The van der Waals surface area contributed by atoms with Crippen LogP contribution in [0.3, 0.4) is 0 Å². The fraction of sp³-hybridized carbons (Fsp3) is 0.429. The van der Waals surface area contributed by atoms with E-state index < -0.39 is 49.1 Å². The Hall–Kier alpha value is -3.36. The number of carbonyl (C=O) groups is 1. The number of aliphatic hydroxyl groups is 4. The van der Waals surface area contributed by atoms with E-state index in [4.69, 9.17) is 10.5 Å². The van der Waals surface area contributed by atoms with Gasteiger partial charge in [-0.2, -0.15) is 0 Å². The molecule has 40 heavy (non-hydrogen) atoms. The van der Waals surface area contributed by atoms with Crippen LogP contribution < -0.4 is 5.73 Å². The van der Waals surface area contributed by atoms with Gasteiger partial charge in [0.05, 0.1) is 41.8 Å². The number of hydrogen-bond acceptors (Lipinski definition) is 11. The number of nitrogens with zero attached hydrogens (tertiary/aromatic N) is 5. The van der Waals surface area contributed by atoms with Crippen molar-refractivity contribution in [3.63, 3.8) is 0 Å². The van der Waals surface area contributed by atoms with Crippen LogP contribution in [0.4, 0.5) is 0 Å². The van der Waals surface area contributed by atoms with Gasteiger partial charge in [-0.15, -0.1) is 0 Å². The molecule has 0 aliphatic carbocycles. The Morgan fingerprint density at radius 3 is 1.80 bits per heavy atom. The van der Waals surface area contributed by atoms with E-state index in [1.54, 1.807) is 35.6 Å². The van der Waals surface area contributed by atoms with E-state index in [1.807, 2.05) is 42.5 Å². The molecule has 6 N–H and O–H groups in total. The molecule has 1 aliphatic rings. The Morgan fingerprint density at radius 1 is 0.825 bits per heavy atom. The Balaban J connectivity index is 1.61. The van der Waals surface area contributed by atoms with Gasteiger partial charge in [-0.1, -0.05) is 18.2 Å². The molecule has 1 fully saturated rings. The second kappa shape index (κ2) is 14.3. The van der Waals surface area contributed by atoms with Crippen molar-refractivity contribution in [1.29, 1.82) is 0 Å². The van der Waals surface area contributed by atoms with Gasteiger partial charge in [0, 0.05) is 51.3 Å². The maximum Gasteiger partial charge on any atom is 0.235 e. The van der Waals surface area contributed by atoms with E-state index in [0.717, 1.165) is 11.4 Å². The number of aliphatic hydroxyl groups excluding tert-OH is 4. The van der Waals surface area contributed by atoms with Gasteiger partial charge in [-0.05, 0) is 36.4 Å². The number of aromatic nitrogens is 3. The first-order valence-corrected chi connectivity index (χ1v) is 13.1. The molecule has 12 nitrogen and oxygen atoms in total. The predicted molar refractivity (Wildman–Crippen MR) is 144 cm³/mol. The molecule has 1 amide bonds. The summed E-state index contributed by atoms with van der Waals surface area (Å²) in [5.74, 6) is -2.09. The lowest BCUT2D eigenvalue weighted by molar-refractivity contribution is -0.278. The third kappa shape index (κ3) is 7.64. The number of hydrogen-bond donors (Lipinski definition) is 5. The molecule has 12 heteroatoms. The van der Waals surface area contributed by atoms with Crippen LogP contribution in [-0.4, -0.2) is 101 Å². The average molecular weight is 553 g/mol. The highest BCUT2D eigenvalue weighted by atomic mass is 16.6. The molecular weight excluding hydrogens is 516 g/mol. The smallest absolute Gasteiger partial charge is 0.235 e. The van der Waals surface area contributed by atoms with Crippen LogP contribution in [0.5, 0.6) is 0 Å². The molecule has 4 heterocycles. The molecule has 0 bridgehead atoms. The fourth-order valence-corrected chi connectivity index (χ4v) is 5.01. The topological polar surface area (TPSA) is 178 Å². The Labute approximate surface area is 232 Å². The van der Waals surface area contributed by atoms with Gasteiger partial charge in [0.15, 0.2) is 6.29 Å². The molecule has 214 valence electrons.